The maximum absolute atomic E-state index is 4.51. The number of nitrogens with one attached hydrogen (secondary N) is 2. The molecule has 1 fully saturated rings. The van der Waals surface area contributed by atoms with Crippen LogP contribution in [0.2, 0.25) is 0 Å². The van der Waals surface area contributed by atoms with Crippen molar-refractivity contribution in [3.8, 4) is 0 Å². The number of hydrogen-bond donors (Lipinski definition) is 2. The predicted molar refractivity (Wildman–Crippen MR) is 87.6 cm³/mol. The van der Waals surface area contributed by atoms with Crippen LogP contribution in [-0.2, 0) is 6.42 Å². The molecule has 0 unspecified atom stereocenters. The van der Waals surface area contributed by atoms with Crippen LogP contribution in [-0.4, -0.2) is 42.7 Å². The van der Waals surface area contributed by atoms with Gasteiger partial charge in [0.05, 0.1) is 0 Å². The van der Waals surface area contributed by atoms with Crippen LogP contribution in [0, 0.1) is 5.92 Å². The predicted octanol–water partition coefficient (Wildman–Crippen LogP) is 1.72. The minimum atomic E-state index is 0. The van der Waals surface area contributed by atoms with E-state index in [9.17, 15) is 0 Å². The van der Waals surface area contributed by atoms with Crippen LogP contribution in [0.3, 0.4) is 0 Å². The number of nitrogens with zero attached hydrogens (tertiary/aromatic N) is 3. The topological polar surface area (TPSA) is 53.1 Å². The van der Waals surface area contributed by atoms with Gasteiger partial charge in [-0.3, -0.25) is 0 Å². The number of rotatable bonds is 2. The lowest BCUT2D eigenvalue weighted by Gasteiger charge is -2.37. The van der Waals surface area contributed by atoms with Crippen molar-refractivity contribution in [2.45, 2.75) is 25.8 Å². The summed E-state index contributed by atoms with van der Waals surface area (Å²) >= 11 is 0. The average molecular weight is 320 g/mol. The van der Waals surface area contributed by atoms with E-state index >= 15 is 0 Å². The molecule has 0 saturated carbocycles. The average Bonchev–Trinajstić information content (AvgIpc) is 2.86. The largest absolute Gasteiger partial charge is 0.369 e. The van der Waals surface area contributed by atoms with Gasteiger partial charge in [0.2, 0.25) is 0 Å². The summed E-state index contributed by atoms with van der Waals surface area (Å²) in [5, 5.41) is 6.80. The molecular formula is C13H23Cl2N5. The Kier molecular flexibility index (Phi) is 6.30. The standard InChI is InChI=1S/C13H21N5.2ClH/c1-9-3-5-14-7-11(9)18(2)13-10-4-6-15-12(10)16-8-17-13;;/h8-9,11,14H,3-7H2,1-2H3,(H,15,16,17);2*1H/t9-,11+;;/m1../s1. The minimum absolute atomic E-state index is 0. The van der Waals surface area contributed by atoms with Gasteiger partial charge in [-0.15, -0.1) is 24.8 Å². The first-order valence-electron chi connectivity index (χ1n) is 6.78. The highest BCUT2D eigenvalue weighted by Crippen LogP contribution is 2.30. The molecule has 3 rings (SSSR count). The fraction of sp³-hybridized carbons (Fsp3) is 0.692. The Hall–Kier alpha value is -0.780. The van der Waals surface area contributed by atoms with E-state index in [0.29, 0.717) is 12.0 Å². The van der Waals surface area contributed by atoms with Crippen molar-refractivity contribution < 1.29 is 0 Å². The molecule has 1 aromatic heterocycles. The summed E-state index contributed by atoms with van der Waals surface area (Å²) in [7, 11) is 2.16. The molecule has 0 bridgehead atoms. The first-order valence-corrected chi connectivity index (χ1v) is 6.78. The van der Waals surface area contributed by atoms with Gasteiger partial charge in [-0.1, -0.05) is 6.92 Å². The molecule has 2 N–H and O–H groups in total. The van der Waals surface area contributed by atoms with E-state index < -0.39 is 0 Å². The van der Waals surface area contributed by atoms with Crippen molar-refractivity contribution in [2.24, 2.45) is 5.92 Å². The van der Waals surface area contributed by atoms with Crippen molar-refractivity contribution >= 4 is 36.4 Å². The van der Waals surface area contributed by atoms with Gasteiger partial charge in [0, 0.05) is 31.7 Å². The molecule has 2 aliphatic rings. The van der Waals surface area contributed by atoms with Crippen LogP contribution >= 0.6 is 24.8 Å². The Balaban J connectivity index is 0.000001000. The monoisotopic (exact) mass is 319 g/mol. The molecule has 2 aliphatic heterocycles. The van der Waals surface area contributed by atoms with Crippen molar-refractivity contribution in [1.29, 1.82) is 0 Å². The first kappa shape index (κ1) is 17.3. The second-order valence-electron chi connectivity index (χ2n) is 5.35. The molecule has 20 heavy (non-hydrogen) atoms. The highest BCUT2D eigenvalue weighted by molar-refractivity contribution is 5.85. The number of piperidine rings is 1. The Morgan fingerprint density at radius 3 is 2.80 bits per heavy atom. The Labute approximate surface area is 132 Å². The first-order chi connectivity index (χ1) is 8.77. The summed E-state index contributed by atoms with van der Waals surface area (Å²) in [6.07, 6.45) is 3.94. The molecule has 3 heterocycles. The molecule has 5 nitrogen and oxygen atoms in total. The van der Waals surface area contributed by atoms with Crippen LogP contribution in [0.4, 0.5) is 11.6 Å². The minimum Gasteiger partial charge on any atom is -0.369 e. The van der Waals surface area contributed by atoms with Gasteiger partial charge in [-0.2, -0.15) is 0 Å². The molecule has 0 amide bonds. The van der Waals surface area contributed by atoms with Gasteiger partial charge in [0.1, 0.15) is 18.0 Å². The Bertz CT molecular complexity index is 443. The quantitative estimate of drug-likeness (QED) is 0.869. The maximum Gasteiger partial charge on any atom is 0.137 e. The van der Waals surface area contributed by atoms with Crippen molar-refractivity contribution in [1.82, 2.24) is 15.3 Å². The molecule has 0 spiro atoms. The number of halogens is 2. The number of fused-ring (bicyclic) bond motifs is 1. The molecule has 2 atom stereocenters. The van der Waals surface area contributed by atoms with Crippen LogP contribution in [0.5, 0.6) is 0 Å². The highest BCUT2D eigenvalue weighted by atomic mass is 35.5. The number of anilines is 2. The summed E-state index contributed by atoms with van der Waals surface area (Å²) in [6.45, 7) is 5.49. The van der Waals surface area contributed by atoms with Gasteiger partial charge in [-0.25, -0.2) is 9.97 Å². The van der Waals surface area contributed by atoms with Crippen LogP contribution in [0.25, 0.3) is 0 Å². The Morgan fingerprint density at radius 2 is 2.05 bits per heavy atom. The summed E-state index contributed by atoms with van der Waals surface area (Å²) in [5.74, 6) is 2.82. The number of aromatic nitrogens is 2. The van der Waals surface area contributed by atoms with Gasteiger partial charge in [-0.05, 0) is 25.3 Å². The zero-order valence-electron chi connectivity index (χ0n) is 11.9. The number of likely N-dealkylation sites (N-methyl/N-ethyl adjacent to an activating group) is 1. The third-order valence-electron chi connectivity index (χ3n) is 4.21. The van der Waals surface area contributed by atoms with E-state index in [1.165, 1.54) is 12.0 Å². The zero-order chi connectivity index (χ0) is 12.5. The molecule has 0 aliphatic carbocycles. The fourth-order valence-electron chi connectivity index (χ4n) is 3.04. The van der Waals surface area contributed by atoms with Crippen molar-refractivity contribution in [3.63, 3.8) is 0 Å². The second kappa shape index (κ2) is 7.29. The van der Waals surface area contributed by atoms with E-state index in [4.69, 9.17) is 0 Å². The van der Waals surface area contributed by atoms with Crippen molar-refractivity contribution in [2.75, 3.05) is 36.9 Å². The van der Waals surface area contributed by atoms with Gasteiger partial charge in [0.25, 0.3) is 0 Å². The van der Waals surface area contributed by atoms with Crippen LogP contribution in [0.15, 0.2) is 6.33 Å². The smallest absolute Gasteiger partial charge is 0.137 e. The van der Waals surface area contributed by atoms with Crippen molar-refractivity contribution in [3.05, 3.63) is 11.9 Å². The summed E-state index contributed by atoms with van der Waals surface area (Å²) in [4.78, 5) is 11.1. The van der Waals surface area contributed by atoms with Gasteiger partial charge in [0.15, 0.2) is 0 Å². The number of hydrogen-bond acceptors (Lipinski definition) is 5. The molecule has 114 valence electrons. The molecule has 0 aromatic carbocycles. The van der Waals surface area contributed by atoms with Crippen LogP contribution in [0.1, 0.15) is 18.9 Å². The maximum atomic E-state index is 4.51. The lowest BCUT2D eigenvalue weighted by Crippen LogP contribution is -2.49. The van der Waals surface area contributed by atoms with Gasteiger partial charge >= 0.3 is 0 Å². The lowest BCUT2D eigenvalue weighted by molar-refractivity contribution is 0.337. The third-order valence-corrected chi connectivity index (χ3v) is 4.21. The van der Waals surface area contributed by atoms with Crippen LogP contribution < -0.4 is 15.5 Å². The summed E-state index contributed by atoms with van der Waals surface area (Å²) < 4.78 is 0. The second-order valence-corrected chi connectivity index (χ2v) is 5.35. The SMILES string of the molecule is C[C@@H]1CCNC[C@@H]1N(C)c1ncnc2c1CCN2.Cl.Cl. The van der Waals surface area contributed by atoms with E-state index in [1.54, 1.807) is 6.33 Å². The van der Waals surface area contributed by atoms with E-state index in [-0.39, 0.29) is 24.8 Å². The molecular weight excluding hydrogens is 297 g/mol. The van der Waals surface area contributed by atoms with E-state index in [0.717, 1.165) is 37.7 Å². The molecule has 1 aromatic rings. The lowest BCUT2D eigenvalue weighted by atomic mass is 9.93. The Morgan fingerprint density at radius 1 is 1.25 bits per heavy atom. The fourth-order valence-corrected chi connectivity index (χ4v) is 3.04. The molecule has 7 heteroatoms. The van der Waals surface area contributed by atoms with Gasteiger partial charge < -0.3 is 15.5 Å². The summed E-state index contributed by atoms with van der Waals surface area (Å²) in [5.41, 5.74) is 1.28. The normalized spacial score (nSPS) is 23.9. The molecule has 1 saturated heterocycles. The highest BCUT2D eigenvalue weighted by Gasteiger charge is 2.28. The van der Waals surface area contributed by atoms with E-state index in [2.05, 4.69) is 39.5 Å². The van der Waals surface area contributed by atoms with E-state index in [1.807, 2.05) is 0 Å². The third kappa shape index (κ3) is 3.10. The molecule has 0 radical (unpaired) electrons. The summed E-state index contributed by atoms with van der Waals surface area (Å²) in [6, 6.07) is 0.526. The zero-order valence-corrected chi connectivity index (χ0v) is 13.6.